The van der Waals surface area contributed by atoms with Gasteiger partial charge in [-0.1, -0.05) is 35.1 Å². The van der Waals surface area contributed by atoms with Gasteiger partial charge in [-0.15, -0.1) is 5.10 Å². The Kier molecular flexibility index (Phi) is 5.49. The van der Waals surface area contributed by atoms with E-state index >= 15 is 0 Å². The van der Waals surface area contributed by atoms with Gasteiger partial charge in [0.2, 0.25) is 5.16 Å². The van der Waals surface area contributed by atoms with Crippen molar-refractivity contribution in [1.82, 2.24) is 29.7 Å². The van der Waals surface area contributed by atoms with E-state index in [1.807, 2.05) is 32.0 Å². The third-order valence-corrected chi connectivity index (χ3v) is 5.25. The van der Waals surface area contributed by atoms with E-state index in [1.54, 1.807) is 30.5 Å². The van der Waals surface area contributed by atoms with Crippen molar-refractivity contribution in [3.63, 3.8) is 0 Å². The van der Waals surface area contributed by atoms with Crippen LogP contribution in [0.1, 0.15) is 52.1 Å². The monoisotopic (exact) mass is 424 g/mol. The molecule has 0 saturated carbocycles. The zero-order valence-electron chi connectivity index (χ0n) is 17.0. The van der Waals surface area contributed by atoms with Gasteiger partial charge in [0.05, 0.1) is 5.56 Å². The maximum atomic E-state index is 12.7. The highest BCUT2D eigenvalue weighted by molar-refractivity contribution is 7.98. The van der Waals surface area contributed by atoms with Crippen molar-refractivity contribution in [1.29, 1.82) is 0 Å². The lowest BCUT2D eigenvalue weighted by Crippen LogP contribution is -2.11. The van der Waals surface area contributed by atoms with Crippen LogP contribution in [0.4, 0.5) is 0 Å². The first-order valence-electron chi connectivity index (χ1n) is 9.33. The van der Waals surface area contributed by atoms with Crippen LogP contribution in [-0.2, 0) is 10.5 Å². The van der Waals surface area contributed by atoms with Gasteiger partial charge < -0.3 is 9.26 Å². The van der Waals surface area contributed by atoms with E-state index in [0.717, 1.165) is 17.0 Å². The summed E-state index contributed by atoms with van der Waals surface area (Å²) < 4.78 is 12.3. The average Bonchev–Trinajstić information content (AvgIpc) is 3.32. The summed E-state index contributed by atoms with van der Waals surface area (Å²) in [6.45, 7) is 7.29. The smallest absolute Gasteiger partial charge is 0.339 e. The minimum Gasteiger partial charge on any atom is -0.449 e. The Labute approximate surface area is 176 Å². The van der Waals surface area contributed by atoms with E-state index in [1.165, 1.54) is 11.8 Å². The van der Waals surface area contributed by atoms with Crippen molar-refractivity contribution in [2.45, 2.75) is 44.7 Å². The fourth-order valence-corrected chi connectivity index (χ4v) is 3.77. The van der Waals surface area contributed by atoms with Crippen LogP contribution in [0, 0.1) is 20.8 Å². The van der Waals surface area contributed by atoms with Crippen LogP contribution in [0.2, 0.25) is 0 Å². The maximum absolute atomic E-state index is 12.7. The molecule has 0 radical (unpaired) electrons. The van der Waals surface area contributed by atoms with Crippen LogP contribution in [-0.4, -0.2) is 35.7 Å². The molecule has 1 unspecified atom stereocenters. The van der Waals surface area contributed by atoms with Crippen LogP contribution in [0.15, 0.2) is 40.0 Å². The fourth-order valence-electron chi connectivity index (χ4n) is 2.95. The Morgan fingerprint density at radius 1 is 1.20 bits per heavy atom. The molecular formula is C20H20N6O3S. The van der Waals surface area contributed by atoms with Gasteiger partial charge in [0, 0.05) is 17.1 Å². The zero-order chi connectivity index (χ0) is 21.3. The molecule has 0 aliphatic rings. The number of carbonyl (C=O) groups excluding carboxylic acids is 1. The van der Waals surface area contributed by atoms with Crippen molar-refractivity contribution in [2.75, 3.05) is 0 Å². The number of nitrogens with zero attached hydrogens (tertiary/aromatic N) is 6. The number of carbonyl (C=O) groups is 1. The van der Waals surface area contributed by atoms with E-state index in [0.29, 0.717) is 28.1 Å². The number of thioether (sulfide) groups is 1. The van der Waals surface area contributed by atoms with Gasteiger partial charge >= 0.3 is 5.97 Å². The summed E-state index contributed by atoms with van der Waals surface area (Å²) in [6.07, 6.45) is -0.642. The third kappa shape index (κ3) is 4.18. The molecule has 30 heavy (non-hydrogen) atoms. The van der Waals surface area contributed by atoms with Gasteiger partial charge in [-0.25, -0.2) is 14.3 Å². The number of hydrogen-bond acceptors (Lipinski definition) is 9. The molecule has 9 nitrogen and oxygen atoms in total. The molecule has 10 heteroatoms. The minimum atomic E-state index is -0.642. The molecular weight excluding hydrogens is 404 g/mol. The zero-order valence-corrected chi connectivity index (χ0v) is 17.8. The molecule has 1 atom stereocenters. The SMILES string of the molecule is Cc1cc(C)n2nc(SCc3ccccc3C(=O)OC(C)c3nc(C)no3)nc2n1. The summed E-state index contributed by atoms with van der Waals surface area (Å²) in [5.74, 6) is 1.37. The molecule has 1 aromatic carbocycles. The first-order valence-corrected chi connectivity index (χ1v) is 10.3. The van der Waals surface area contributed by atoms with Crippen LogP contribution >= 0.6 is 11.8 Å². The number of aromatic nitrogens is 6. The summed E-state index contributed by atoms with van der Waals surface area (Å²) in [5.41, 5.74) is 3.15. The number of rotatable bonds is 6. The van der Waals surface area contributed by atoms with E-state index in [2.05, 4.69) is 25.2 Å². The van der Waals surface area contributed by atoms with Gasteiger partial charge in [-0.3, -0.25) is 0 Å². The summed E-state index contributed by atoms with van der Waals surface area (Å²) in [6, 6.07) is 9.24. The third-order valence-electron chi connectivity index (χ3n) is 4.37. The summed E-state index contributed by atoms with van der Waals surface area (Å²) in [5, 5.41) is 8.81. The Hall–Kier alpha value is -3.27. The predicted octanol–water partition coefficient (Wildman–Crippen LogP) is 3.64. The molecule has 0 spiro atoms. The highest BCUT2D eigenvalue weighted by atomic mass is 32.2. The number of ether oxygens (including phenoxy) is 1. The lowest BCUT2D eigenvalue weighted by Gasteiger charge is -2.11. The predicted molar refractivity (Wildman–Crippen MR) is 109 cm³/mol. The Balaban J connectivity index is 1.49. The molecule has 0 aliphatic carbocycles. The average molecular weight is 424 g/mol. The molecule has 0 saturated heterocycles. The molecule has 4 aromatic rings. The van der Waals surface area contributed by atoms with E-state index in [9.17, 15) is 4.79 Å². The van der Waals surface area contributed by atoms with Gasteiger partial charge in [-0.05, 0) is 45.4 Å². The molecule has 0 aliphatic heterocycles. The van der Waals surface area contributed by atoms with Gasteiger partial charge in [0.1, 0.15) is 0 Å². The van der Waals surface area contributed by atoms with Crippen molar-refractivity contribution in [3.05, 3.63) is 64.6 Å². The van der Waals surface area contributed by atoms with Crippen molar-refractivity contribution in [2.24, 2.45) is 0 Å². The standard InChI is InChI=1S/C20H20N6O3S/c1-11-9-12(2)26-19(21-11)23-20(24-26)30-10-15-7-5-6-8-16(15)18(27)28-13(3)17-22-14(4)25-29-17/h5-9,13H,10H2,1-4H3. The second kappa shape index (κ2) is 8.23. The quantitative estimate of drug-likeness (QED) is 0.338. The summed E-state index contributed by atoms with van der Waals surface area (Å²) >= 11 is 1.43. The minimum absolute atomic E-state index is 0.264. The Morgan fingerprint density at radius 3 is 2.77 bits per heavy atom. The first kappa shape index (κ1) is 20.0. The van der Waals surface area contributed by atoms with Gasteiger partial charge in [0.15, 0.2) is 11.9 Å². The first-order chi connectivity index (χ1) is 14.4. The number of esters is 1. The Morgan fingerprint density at radius 2 is 2.00 bits per heavy atom. The molecule has 4 rings (SSSR count). The maximum Gasteiger partial charge on any atom is 0.339 e. The van der Waals surface area contributed by atoms with E-state index < -0.39 is 12.1 Å². The highest BCUT2D eigenvalue weighted by Gasteiger charge is 2.21. The summed E-state index contributed by atoms with van der Waals surface area (Å²) in [4.78, 5) is 25.7. The van der Waals surface area contributed by atoms with Crippen LogP contribution < -0.4 is 0 Å². The fraction of sp³-hybridized carbons (Fsp3) is 0.300. The molecule has 3 aromatic heterocycles. The van der Waals surface area contributed by atoms with Gasteiger partial charge in [0.25, 0.3) is 11.7 Å². The lowest BCUT2D eigenvalue weighted by molar-refractivity contribution is 0.0264. The molecule has 0 bridgehead atoms. The number of fused-ring (bicyclic) bond motifs is 1. The van der Waals surface area contributed by atoms with Gasteiger partial charge in [-0.2, -0.15) is 9.97 Å². The summed E-state index contributed by atoms with van der Waals surface area (Å²) in [7, 11) is 0. The number of hydrogen-bond donors (Lipinski definition) is 0. The number of aryl methyl sites for hydroxylation is 3. The molecule has 0 N–H and O–H groups in total. The van der Waals surface area contributed by atoms with E-state index in [-0.39, 0.29) is 5.89 Å². The highest BCUT2D eigenvalue weighted by Crippen LogP contribution is 2.24. The molecule has 0 amide bonds. The van der Waals surface area contributed by atoms with Crippen LogP contribution in [0.3, 0.4) is 0 Å². The molecule has 0 fully saturated rings. The lowest BCUT2D eigenvalue weighted by atomic mass is 10.1. The largest absolute Gasteiger partial charge is 0.449 e. The molecule has 154 valence electrons. The normalized spacial score (nSPS) is 12.3. The number of benzene rings is 1. The van der Waals surface area contributed by atoms with Crippen LogP contribution in [0.25, 0.3) is 5.78 Å². The second-order valence-electron chi connectivity index (χ2n) is 6.82. The van der Waals surface area contributed by atoms with Crippen LogP contribution in [0.5, 0.6) is 0 Å². The van der Waals surface area contributed by atoms with Crippen molar-refractivity contribution >= 4 is 23.5 Å². The van der Waals surface area contributed by atoms with E-state index in [4.69, 9.17) is 9.26 Å². The molecule has 3 heterocycles. The topological polar surface area (TPSA) is 108 Å². The Bertz CT molecular complexity index is 1220. The van der Waals surface area contributed by atoms with Crippen molar-refractivity contribution < 1.29 is 14.1 Å². The second-order valence-corrected chi connectivity index (χ2v) is 7.76. The van der Waals surface area contributed by atoms with Crippen molar-refractivity contribution in [3.8, 4) is 0 Å².